The van der Waals surface area contributed by atoms with Gasteiger partial charge in [-0.05, 0) is 63.8 Å². The van der Waals surface area contributed by atoms with Crippen molar-refractivity contribution in [1.29, 1.82) is 0 Å². The molecule has 13 heteroatoms. The molecule has 4 aromatic rings. The van der Waals surface area contributed by atoms with E-state index in [1.165, 1.54) is 37.0 Å². The van der Waals surface area contributed by atoms with Gasteiger partial charge < -0.3 is 14.8 Å². The molecule has 210 valence electrons. The normalized spacial score (nSPS) is 17.0. The van der Waals surface area contributed by atoms with Crippen molar-refractivity contribution in [3.63, 3.8) is 0 Å². The Morgan fingerprint density at radius 2 is 1.73 bits per heavy atom. The summed E-state index contributed by atoms with van der Waals surface area (Å²) >= 11 is 0. The van der Waals surface area contributed by atoms with Crippen LogP contribution in [0.5, 0.6) is 0 Å². The number of rotatable bonds is 7. The predicted molar refractivity (Wildman–Crippen MR) is 137 cm³/mol. The van der Waals surface area contributed by atoms with Gasteiger partial charge in [0, 0.05) is 23.7 Å². The Morgan fingerprint density at radius 1 is 1.02 bits per heavy atom. The fourth-order valence-corrected chi connectivity index (χ4v) is 5.13. The molecule has 0 amide bonds. The minimum atomic E-state index is -4.80. The van der Waals surface area contributed by atoms with Crippen molar-refractivity contribution in [2.75, 3.05) is 18.5 Å². The van der Waals surface area contributed by atoms with Gasteiger partial charge in [0.1, 0.15) is 23.8 Å². The third-order valence-corrected chi connectivity index (χ3v) is 7.24. The monoisotopic (exact) mass is 557 g/mol. The third kappa shape index (κ3) is 4.52. The van der Waals surface area contributed by atoms with Gasteiger partial charge >= 0.3 is 6.18 Å². The molecule has 1 saturated carbocycles. The summed E-state index contributed by atoms with van der Waals surface area (Å²) in [4.78, 5) is 8.61. The number of aromatic nitrogens is 6. The Bertz CT molecular complexity index is 1550. The molecular formula is C27H27F4N7O2. The summed E-state index contributed by atoms with van der Waals surface area (Å²) in [6, 6.07) is 7.76. The Morgan fingerprint density at radius 3 is 2.38 bits per heavy atom. The molecule has 4 heterocycles. The number of alkyl halides is 3. The van der Waals surface area contributed by atoms with Crippen LogP contribution in [0.3, 0.4) is 0 Å². The topological polar surface area (TPSA) is 91.9 Å². The first-order chi connectivity index (χ1) is 19.1. The Balaban J connectivity index is 1.36. The molecule has 1 saturated heterocycles. The van der Waals surface area contributed by atoms with Crippen molar-refractivity contribution in [2.24, 2.45) is 5.92 Å². The van der Waals surface area contributed by atoms with Gasteiger partial charge in [0.05, 0.1) is 35.9 Å². The second-order valence-corrected chi connectivity index (χ2v) is 10.1. The molecule has 2 aliphatic rings. The first-order valence-electron chi connectivity index (χ1n) is 12.9. The summed E-state index contributed by atoms with van der Waals surface area (Å²) in [6.45, 7) is 5.27. The van der Waals surface area contributed by atoms with E-state index in [0.29, 0.717) is 24.1 Å². The van der Waals surface area contributed by atoms with Crippen LogP contribution in [0.25, 0.3) is 17.1 Å². The average molecular weight is 558 g/mol. The highest BCUT2D eigenvalue weighted by molar-refractivity contribution is 5.71. The molecule has 3 aromatic heterocycles. The van der Waals surface area contributed by atoms with E-state index < -0.39 is 12.0 Å². The third-order valence-electron chi connectivity index (χ3n) is 7.24. The van der Waals surface area contributed by atoms with Crippen LogP contribution in [-0.4, -0.2) is 48.9 Å². The molecule has 0 atom stereocenters. The van der Waals surface area contributed by atoms with Crippen molar-refractivity contribution in [3.05, 3.63) is 65.0 Å². The molecule has 1 aliphatic heterocycles. The smallest absolute Gasteiger partial charge is 0.336 e. The number of aryl methyl sites for hydroxylation is 1. The second kappa shape index (κ2) is 9.66. The molecule has 2 fully saturated rings. The molecule has 0 spiro atoms. The zero-order valence-corrected chi connectivity index (χ0v) is 22.1. The molecule has 1 N–H and O–H groups in total. The number of benzene rings is 1. The van der Waals surface area contributed by atoms with Crippen LogP contribution in [0.1, 0.15) is 35.4 Å². The van der Waals surface area contributed by atoms with Crippen molar-refractivity contribution < 1.29 is 27.0 Å². The van der Waals surface area contributed by atoms with Crippen LogP contribution in [0.2, 0.25) is 0 Å². The highest BCUT2D eigenvalue weighted by Gasteiger charge is 2.63. The molecule has 6 rings (SSSR count). The van der Waals surface area contributed by atoms with Crippen molar-refractivity contribution in [1.82, 2.24) is 29.5 Å². The average Bonchev–Trinajstić information content (AvgIpc) is 3.36. The summed E-state index contributed by atoms with van der Waals surface area (Å²) < 4.78 is 69.4. The number of halogens is 4. The number of nitrogens with zero attached hydrogens (tertiary/aromatic N) is 6. The lowest BCUT2D eigenvalue weighted by atomic mass is 10.0. The predicted octanol–water partition coefficient (Wildman–Crippen LogP) is 5.51. The quantitative estimate of drug-likeness (QED) is 0.300. The Hall–Kier alpha value is -3.84. The Labute approximate surface area is 227 Å². The van der Waals surface area contributed by atoms with Gasteiger partial charge in [-0.15, -0.1) is 0 Å². The van der Waals surface area contributed by atoms with Gasteiger partial charge in [-0.3, -0.25) is 0 Å². The lowest BCUT2D eigenvalue weighted by Gasteiger charge is -2.30. The molecule has 0 bridgehead atoms. The number of nitrogens with one attached hydrogen (secondary N) is 1. The van der Waals surface area contributed by atoms with Crippen molar-refractivity contribution in [2.45, 2.75) is 52.1 Å². The van der Waals surface area contributed by atoms with Crippen LogP contribution in [0, 0.1) is 32.5 Å². The van der Waals surface area contributed by atoms with E-state index in [0.717, 1.165) is 29.7 Å². The number of anilines is 2. The minimum absolute atomic E-state index is 0.118. The largest absolute Gasteiger partial charge is 0.448 e. The maximum absolute atomic E-state index is 14.1. The molecule has 1 aromatic carbocycles. The van der Waals surface area contributed by atoms with Crippen LogP contribution in [-0.2, 0) is 21.8 Å². The van der Waals surface area contributed by atoms with Gasteiger partial charge in [-0.1, -0.05) is 0 Å². The van der Waals surface area contributed by atoms with Crippen LogP contribution >= 0.6 is 0 Å². The Kier molecular flexibility index (Phi) is 6.37. The standard InChI is InChI=1S/C27H27F4N7O2/c1-15-24(19-6-8-20(28)9-7-19)36-37(13-18-4-5-18)25(15)34-21-12-22(33-14-32-21)38-17(3)23(16(2)35-38)26(27(29,30)31)39-10-11-40-26/h6-9,12,14,18H,4-5,10-11,13H2,1-3H3,(H,32,33,34). The molecule has 9 nitrogen and oxygen atoms in total. The number of ether oxygens (including phenoxy) is 2. The summed E-state index contributed by atoms with van der Waals surface area (Å²) in [5, 5.41) is 12.5. The zero-order valence-electron chi connectivity index (χ0n) is 22.1. The first kappa shape index (κ1) is 26.4. The van der Waals surface area contributed by atoms with Gasteiger partial charge in [0.15, 0.2) is 5.82 Å². The lowest BCUT2D eigenvalue weighted by molar-refractivity contribution is -0.353. The number of hydrogen-bond acceptors (Lipinski definition) is 7. The maximum Gasteiger partial charge on any atom is 0.448 e. The van der Waals surface area contributed by atoms with Gasteiger partial charge in [0.2, 0.25) is 0 Å². The summed E-state index contributed by atoms with van der Waals surface area (Å²) in [7, 11) is 0. The van der Waals surface area contributed by atoms with Gasteiger partial charge in [-0.25, -0.2) is 23.7 Å². The zero-order chi connectivity index (χ0) is 28.2. The molecular weight excluding hydrogens is 530 g/mol. The van der Waals surface area contributed by atoms with E-state index in [1.54, 1.807) is 18.2 Å². The fraction of sp³-hybridized carbons (Fsp3) is 0.407. The van der Waals surface area contributed by atoms with Crippen LogP contribution in [0.15, 0.2) is 36.7 Å². The molecule has 40 heavy (non-hydrogen) atoms. The van der Waals surface area contributed by atoms with E-state index >= 15 is 0 Å². The van der Waals surface area contributed by atoms with Gasteiger partial charge in [0.25, 0.3) is 5.79 Å². The maximum atomic E-state index is 14.1. The lowest BCUT2D eigenvalue weighted by Crippen LogP contribution is -2.44. The van der Waals surface area contributed by atoms with Crippen LogP contribution in [0.4, 0.5) is 29.2 Å². The fourth-order valence-electron chi connectivity index (χ4n) is 5.13. The highest BCUT2D eigenvalue weighted by Crippen LogP contribution is 2.48. The summed E-state index contributed by atoms with van der Waals surface area (Å²) in [5.41, 5.74) is 2.47. The van der Waals surface area contributed by atoms with E-state index in [1.807, 2.05) is 11.6 Å². The van der Waals surface area contributed by atoms with E-state index in [-0.39, 0.29) is 41.8 Å². The van der Waals surface area contributed by atoms with Crippen molar-refractivity contribution >= 4 is 11.6 Å². The van der Waals surface area contributed by atoms with E-state index in [9.17, 15) is 17.6 Å². The molecule has 0 radical (unpaired) electrons. The van der Waals surface area contributed by atoms with E-state index in [2.05, 4.69) is 20.4 Å². The highest BCUT2D eigenvalue weighted by atomic mass is 19.4. The molecule has 0 unspecified atom stereocenters. The SMILES string of the molecule is Cc1nn(-c2cc(Nc3c(C)c(-c4ccc(F)cc4)nn3CC3CC3)ncn2)c(C)c1C1(C(F)(F)F)OCCO1. The minimum Gasteiger partial charge on any atom is -0.336 e. The molecule has 1 aliphatic carbocycles. The second-order valence-electron chi connectivity index (χ2n) is 10.1. The number of hydrogen-bond donors (Lipinski definition) is 1. The first-order valence-corrected chi connectivity index (χ1v) is 12.9. The van der Waals surface area contributed by atoms with Crippen molar-refractivity contribution in [3.8, 4) is 17.1 Å². The van der Waals surface area contributed by atoms with E-state index in [4.69, 9.17) is 14.6 Å². The van der Waals surface area contributed by atoms with Gasteiger partial charge in [-0.2, -0.15) is 23.4 Å². The van der Waals surface area contributed by atoms with Crippen LogP contribution < -0.4 is 5.32 Å². The summed E-state index contributed by atoms with van der Waals surface area (Å²) in [6.07, 6.45) is -1.25. The summed E-state index contributed by atoms with van der Waals surface area (Å²) in [5.74, 6) is -1.29.